The molecule has 0 unspecified atom stereocenters. The molecule has 0 bridgehead atoms. The molecular formula is C22H18F3NO2. The van der Waals surface area contributed by atoms with E-state index in [4.69, 9.17) is 0 Å². The largest absolute Gasteiger partial charge is 0.573 e. The second-order valence-electron chi connectivity index (χ2n) is 6.17. The second kappa shape index (κ2) is 8.61. The molecule has 1 N–H and O–H groups in total. The molecule has 0 heterocycles. The predicted molar refractivity (Wildman–Crippen MR) is 101 cm³/mol. The van der Waals surface area contributed by atoms with Crippen LogP contribution in [0.1, 0.15) is 21.5 Å². The first-order valence-corrected chi connectivity index (χ1v) is 8.70. The quantitative estimate of drug-likeness (QED) is 0.598. The minimum absolute atomic E-state index is 0.312. The fourth-order valence-electron chi connectivity index (χ4n) is 2.82. The summed E-state index contributed by atoms with van der Waals surface area (Å²) in [5.41, 5.74) is 3.00. The zero-order valence-electron chi connectivity index (χ0n) is 14.9. The Morgan fingerprint density at radius 2 is 1.46 bits per heavy atom. The SMILES string of the molecule is O=C(Nc1ccc(OC(F)(F)F)cc1)c1ccccc1CCc1ccccc1. The molecular weight excluding hydrogens is 367 g/mol. The van der Waals surface area contributed by atoms with E-state index in [0.29, 0.717) is 17.7 Å². The highest BCUT2D eigenvalue weighted by Gasteiger charge is 2.30. The third-order valence-electron chi connectivity index (χ3n) is 4.13. The summed E-state index contributed by atoms with van der Waals surface area (Å²) >= 11 is 0. The number of aryl methyl sites for hydroxylation is 2. The molecule has 0 atom stereocenters. The van der Waals surface area contributed by atoms with Gasteiger partial charge in [0.05, 0.1) is 0 Å². The number of halogens is 3. The van der Waals surface area contributed by atoms with Gasteiger partial charge in [-0.15, -0.1) is 13.2 Å². The normalized spacial score (nSPS) is 11.1. The van der Waals surface area contributed by atoms with E-state index >= 15 is 0 Å². The van der Waals surface area contributed by atoms with Crippen molar-refractivity contribution in [2.24, 2.45) is 0 Å². The molecule has 3 rings (SSSR count). The van der Waals surface area contributed by atoms with E-state index in [0.717, 1.165) is 24.1 Å². The smallest absolute Gasteiger partial charge is 0.406 e. The van der Waals surface area contributed by atoms with Crippen LogP contribution in [0, 0.1) is 0 Å². The minimum atomic E-state index is -4.75. The maximum atomic E-state index is 12.6. The summed E-state index contributed by atoms with van der Waals surface area (Å²) in [6.07, 6.45) is -3.25. The van der Waals surface area contributed by atoms with E-state index in [-0.39, 0.29) is 11.7 Å². The number of benzene rings is 3. The Balaban J connectivity index is 1.67. The summed E-state index contributed by atoms with van der Waals surface area (Å²) in [7, 11) is 0. The van der Waals surface area contributed by atoms with Crippen molar-refractivity contribution in [1.82, 2.24) is 0 Å². The number of alkyl halides is 3. The van der Waals surface area contributed by atoms with Gasteiger partial charge in [0, 0.05) is 11.3 Å². The van der Waals surface area contributed by atoms with Crippen LogP contribution in [0.4, 0.5) is 18.9 Å². The lowest BCUT2D eigenvalue weighted by molar-refractivity contribution is -0.274. The Kier molecular flexibility index (Phi) is 5.99. The highest BCUT2D eigenvalue weighted by Crippen LogP contribution is 2.24. The second-order valence-corrected chi connectivity index (χ2v) is 6.17. The Morgan fingerprint density at radius 1 is 0.821 bits per heavy atom. The van der Waals surface area contributed by atoms with Gasteiger partial charge in [0.2, 0.25) is 0 Å². The van der Waals surface area contributed by atoms with Crippen molar-refractivity contribution >= 4 is 11.6 Å². The van der Waals surface area contributed by atoms with Crippen LogP contribution in [-0.2, 0) is 12.8 Å². The van der Waals surface area contributed by atoms with Crippen LogP contribution in [0.2, 0.25) is 0 Å². The van der Waals surface area contributed by atoms with Gasteiger partial charge in [-0.3, -0.25) is 4.79 Å². The van der Waals surface area contributed by atoms with E-state index in [1.807, 2.05) is 42.5 Å². The van der Waals surface area contributed by atoms with Gasteiger partial charge in [0.25, 0.3) is 5.91 Å². The average Bonchev–Trinajstić information content (AvgIpc) is 2.68. The van der Waals surface area contributed by atoms with E-state index in [9.17, 15) is 18.0 Å². The van der Waals surface area contributed by atoms with Crippen molar-refractivity contribution in [3.63, 3.8) is 0 Å². The number of carbonyl (C=O) groups is 1. The summed E-state index contributed by atoms with van der Waals surface area (Å²) in [6, 6.07) is 22.3. The standard InChI is InChI=1S/C22H18F3NO2/c23-22(24,25)28-19-14-12-18(13-15-19)26-21(27)20-9-5-4-8-17(20)11-10-16-6-2-1-3-7-16/h1-9,12-15H,10-11H2,(H,26,27). The first kappa shape index (κ1) is 19.5. The van der Waals surface area contributed by atoms with E-state index in [1.165, 1.54) is 17.7 Å². The molecule has 0 radical (unpaired) electrons. The summed E-state index contributed by atoms with van der Waals surface area (Å²) in [5.74, 6) is -0.651. The molecule has 0 saturated carbocycles. The molecule has 0 aromatic heterocycles. The molecule has 0 aliphatic heterocycles. The van der Waals surface area contributed by atoms with Gasteiger partial charge in [0.15, 0.2) is 0 Å². The van der Waals surface area contributed by atoms with E-state index in [1.54, 1.807) is 12.1 Å². The van der Waals surface area contributed by atoms with E-state index < -0.39 is 6.36 Å². The molecule has 0 spiro atoms. The van der Waals surface area contributed by atoms with Crippen LogP contribution in [-0.4, -0.2) is 12.3 Å². The van der Waals surface area contributed by atoms with Crippen molar-refractivity contribution in [3.8, 4) is 5.75 Å². The van der Waals surface area contributed by atoms with Crippen molar-refractivity contribution in [1.29, 1.82) is 0 Å². The highest BCUT2D eigenvalue weighted by atomic mass is 19.4. The minimum Gasteiger partial charge on any atom is -0.406 e. The molecule has 0 aliphatic rings. The van der Waals surface area contributed by atoms with Crippen molar-refractivity contribution < 1.29 is 22.7 Å². The number of carbonyl (C=O) groups excluding carboxylic acids is 1. The van der Waals surface area contributed by atoms with Gasteiger partial charge in [0.1, 0.15) is 5.75 Å². The molecule has 1 amide bonds. The fourth-order valence-corrected chi connectivity index (χ4v) is 2.82. The van der Waals surface area contributed by atoms with Gasteiger partial charge in [-0.1, -0.05) is 48.5 Å². The van der Waals surface area contributed by atoms with Gasteiger partial charge in [-0.2, -0.15) is 0 Å². The lowest BCUT2D eigenvalue weighted by Crippen LogP contribution is -2.17. The molecule has 144 valence electrons. The molecule has 0 aliphatic carbocycles. The average molecular weight is 385 g/mol. The lowest BCUT2D eigenvalue weighted by Gasteiger charge is -2.12. The van der Waals surface area contributed by atoms with E-state index in [2.05, 4.69) is 10.1 Å². The number of rotatable bonds is 6. The van der Waals surface area contributed by atoms with Crippen molar-refractivity contribution in [2.75, 3.05) is 5.32 Å². The van der Waals surface area contributed by atoms with Crippen LogP contribution in [0.25, 0.3) is 0 Å². The Hall–Kier alpha value is -3.28. The third-order valence-corrected chi connectivity index (χ3v) is 4.13. The molecule has 28 heavy (non-hydrogen) atoms. The first-order chi connectivity index (χ1) is 13.4. The maximum absolute atomic E-state index is 12.6. The predicted octanol–water partition coefficient (Wildman–Crippen LogP) is 5.62. The molecule has 3 aromatic carbocycles. The molecule has 6 heteroatoms. The van der Waals surface area contributed by atoms with Crippen LogP contribution in [0.15, 0.2) is 78.9 Å². The number of nitrogens with one attached hydrogen (secondary N) is 1. The van der Waals surface area contributed by atoms with Crippen LogP contribution < -0.4 is 10.1 Å². The topological polar surface area (TPSA) is 38.3 Å². The maximum Gasteiger partial charge on any atom is 0.573 e. The first-order valence-electron chi connectivity index (χ1n) is 8.70. The highest BCUT2D eigenvalue weighted by molar-refractivity contribution is 6.05. The zero-order chi connectivity index (χ0) is 20.0. The van der Waals surface area contributed by atoms with Gasteiger partial charge in [-0.05, 0) is 54.3 Å². The number of hydrogen-bond acceptors (Lipinski definition) is 2. The van der Waals surface area contributed by atoms with Crippen molar-refractivity contribution in [3.05, 3.63) is 95.6 Å². The summed E-state index contributed by atoms with van der Waals surface area (Å²) in [6.45, 7) is 0. The summed E-state index contributed by atoms with van der Waals surface area (Å²) in [5, 5.41) is 2.71. The van der Waals surface area contributed by atoms with Crippen molar-refractivity contribution in [2.45, 2.75) is 19.2 Å². The number of amides is 1. The fraction of sp³-hybridized carbons (Fsp3) is 0.136. The number of hydrogen-bond donors (Lipinski definition) is 1. The molecule has 0 fully saturated rings. The number of anilines is 1. The molecule has 0 saturated heterocycles. The Bertz CT molecular complexity index is 923. The summed E-state index contributed by atoms with van der Waals surface area (Å²) in [4.78, 5) is 12.6. The van der Waals surface area contributed by atoms with Gasteiger partial charge in [-0.25, -0.2) is 0 Å². The van der Waals surface area contributed by atoms with Gasteiger partial charge >= 0.3 is 6.36 Å². The zero-order valence-corrected chi connectivity index (χ0v) is 14.9. The van der Waals surface area contributed by atoms with Gasteiger partial charge < -0.3 is 10.1 Å². The third kappa shape index (κ3) is 5.61. The Labute approximate surface area is 160 Å². The van der Waals surface area contributed by atoms with Crippen LogP contribution in [0.3, 0.4) is 0 Å². The van der Waals surface area contributed by atoms with Crippen LogP contribution in [0.5, 0.6) is 5.75 Å². The lowest BCUT2D eigenvalue weighted by atomic mass is 9.99. The molecule has 3 aromatic rings. The number of ether oxygens (including phenoxy) is 1. The molecule has 3 nitrogen and oxygen atoms in total. The summed E-state index contributed by atoms with van der Waals surface area (Å²) < 4.78 is 40.5. The monoisotopic (exact) mass is 385 g/mol. The van der Waals surface area contributed by atoms with Crippen LogP contribution >= 0.6 is 0 Å². The Morgan fingerprint density at radius 3 is 2.14 bits per heavy atom.